The van der Waals surface area contributed by atoms with E-state index in [0.29, 0.717) is 12.1 Å². The number of nitrogens with one attached hydrogen (secondary N) is 2. The number of furan rings is 1. The van der Waals surface area contributed by atoms with E-state index in [1.165, 1.54) is 31.6 Å². The predicted octanol–water partition coefficient (Wildman–Crippen LogP) is 3.51. The summed E-state index contributed by atoms with van der Waals surface area (Å²) >= 11 is 2.03. The maximum Gasteiger partial charge on any atom is 0.191 e. The van der Waals surface area contributed by atoms with Crippen LogP contribution in [0.2, 0.25) is 0 Å². The SMILES string of the molecule is CCN1CCCC1CN=C(NCCc1ccco1)NC1CCOC2(CCSC2)C1.I. The first-order valence-corrected chi connectivity index (χ1v) is 12.4. The molecule has 3 aliphatic rings. The molecule has 0 aliphatic carbocycles. The Hall–Kier alpha value is -0.450. The van der Waals surface area contributed by atoms with E-state index in [1.54, 1.807) is 6.26 Å². The number of halogens is 1. The van der Waals surface area contributed by atoms with Gasteiger partial charge in [0.2, 0.25) is 0 Å². The van der Waals surface area contributed by atoms with Crippen LogP contribution in [0.5, 0.6) is 0 Å². The second kappa shape index (κ2) is 12.0. The Morgan fingerprint density at radius 3 is 3.10 bits per heavy atom. The molecule has 3 aliphatic heterocycles. The van der Waals surface area contributed by atoms with E-state index >= 15 is 0 Å². The molecule has 0 saturated carbocycles. The van der Waals surface area contributed by atoms with Crippen LogP contribution >= 0.6 is 35.7 Å². The molecular weight excluding hydrogens is 511 g/mol. The Bertz CT molecular complexity index is 652. The molecule has 3 saturated heterocycles. The van der Waals surface area contributed by atoms with Crippen molar-refractivity contribution < 1.29 is 9.15 Å². The minimum absolute atomic E-state index is 0. The predicted molar refractivity (Wildman–Crippen MR) is 135 cm³/mol. The molecule has 8 heteroatoms. The van der Waals surface area contributed by atoms with Crippen molar-refractivity contribution in [3.05, 3.63) is 24.2 Å². The van der Waals surface area contributed by atoms with Crippen molar-refractivity contribution in [3.63, 3.8) is 0 Å². The minimum atomic E-state index is 0. The summed E-state index contributed by atoms with van der Waals surface area (Å²) in [7, 11) is 0. The van der Waals surface area contributed by atoms with Gasteiger partial charge in [-0.15, -0.1) is 24.0 Å². The van der Waals surface area contributed by atoms with Gasteiger partial charge < -0.3 is 19.8 Å². The molecule has 0 amide bonds. The van der Waals surface area contributed by atoms with E-state index in [0.717, 1.165) is 63.0 Å². The fraction of sp³-hybridized carbons (Fsp3) is 0.773. The fourth-order valence-corrected chi connectivity index (χ4v) is 6.21. The van der Waals surface area contributed by atoms with Gasteiger partial charge in [-0.2, -0.15) is 11.8 Å². The van der Waals surface area contributed by atoms with Crippen LogP contribution < -0.4 is 10.6 Å². The molecule has 1 aromatic rings. The standard InChI is InChI=1S/C22H36N4O2S.HI/c1-2-26-11-3-5-19(26)16-24-21(23-10-7-20-6-4-12-27-20)25-18-8-13-28-22(15-18)9-14-29-17-22;/h4,6,12,18-19H,2-3,5,7-11,13-17H2,1H3,(H2,23,24,25);1H. The number of likely N-dealkylation sites (N-methyl/N-ethyl adjacent to an activating group) is 1. The number of hydrogen-bond acceptors (Lipinski definition) is 5. The van der Waals surface area contributed by atoms with E-state index < -0.39 is 0 Å². The highest BCUT2D eigenvalue weighted by Gasteiger charge is 2.40. The molecule has 0 radical (unpaired) electrons. The van der Waals surface area contributed by atoms with Crippen molar-refractivity contribution in [2.45, 2.75) is 63.1 Å². The number of rotatable bonds is 7. The Labute approximate surface area is 202 Å². The number of aliphatic imine (C=N–C) groups is 1. The Balaban J connectivity index is 0.00000256. The van der Waals surface area contributed by atoms with Crippen LogP contribution in [0.25, 0.3) is 0 Å². The van der Waals surface area contributed by atoms with Crippen molar-refractivity contribution in [2.75, 3.05) is 44.3 Å². The molecule has 4 heterocycles. The maximum absolute atomic E-state index is 6.20. The van der Waals surface area contributed by atoms with E-state index in [4.69, 9.17) is 14.1 Å². The number of ether oxygens (including phenoxy) is 1. The van der Waals surface area contributed by atoms with Gasteiger partial charge in [-0.3, -0.25) is 9.89 Å². The highest BCUT2D eigenvalue weighted by atomic mass is 127. The van der Waals surface area contributed by atoms with Gasteiger partial charge in [0.1, 0.15) is 5.76 Å². The Kier molecular flexibility index (Phi) is 9.65. The van der Waals surface area contributed by atoms with Crippen LogP contribution in [0, 0.1) is 0 Å². The lowest BCUT2D eigenvalue weighted by atomic mass is 9.90. The van der Waals surface area contributed by atoms with Gasteiger partial charge in [0.05, 0.1) is 18.4 Å². The normalized spacial score (nSPS) is 29.8. The first kappa shape index (κ1) is 24.2. The zero-order valence-corrected chi connectivity index (χ0v) is 21.3. The summed E-state index contributed by atoms with van der Waals surface area (Å²) in [6.45, 7) is 7.13. The average molecular weight is 549 g/mol. The molecule has 3 fully saturated rings. The molecule has 6 nitrogen and oxygen atoms in total. The minimum Gasteiger partial charge on any atom is -0.469 e. The summed E-state index contributed by atoms with van der Waals surface area (Å²) in [6, 6.07) is 4.99. The highest BCUT2D eigenvalue weighted by Crippen LogP contribution is 2.38. The van der Waals surface area contributed by atoms with Crippen LogP contribution in [-0.2, 0) is 11.2 Å². The zero-order valence-electron chi connectivity index (χ0n) is 18.1. The number of hydrogen-bond donors (Lipinski definition) is 2. The smallest absolute Gasteiger partial charge is 0.191 e. The average Bonchev–Trinajstić information content (AvgIpc) is 3.48. The topological polar surface area (TPSA) is 62.0 Å². The van der Waals surface area contributed by atoms with Crippen LogP contribution in [0.4, 0.5) is 0 Å². The lowest BCUT2D eigenvalue weighted by molar-refractivity contribution is -0.0679. The summed E-state index contributed by atoms with van der Waals surface area (Å²) in [5.41, 5.74) is 0.0876. The van der Waals surface area contributed by atoms with Gasteiger partial charge in [0.25, 0.3) is 0 Å². The summed E-state index contributed by atoms with van der Waals surface area (Å²) in [4.78, 5) is 7.57. The number of nitrogens with zero attached hydrogens (tertiary/aromatic N) is 2. The van der Waals surface area contributed by atoms with Crippen molar-refractivity contribution in [2.24, 2.45) is 4.99 Å². The molecule has 0 bridgehead atoms. The summed E-state index contributed by atoms with van der Waals surface area (Å²) in [5, 5.41) is 7.30. The van der Waals surface area contributed by atoms with Crippen LogP contribution in [0.3, 0.4) is 0 Å². The van der Waals surface area contributed by atoms with E-state index in [-0.39, 0.29) is 29.6 Å². The molecular formula is C22H37IN4O2S. The van der Waals surface area contributed by atoms with Crippen LogP contribution in [-0.4, -0.2) is 72.8 Å². The second-order valence-corrected chi connectivity index (χ2v) is 9.64. The van der Waals surface area contributed by atoms with Crippen LogP contribution in [0.15, 0.2) is 27.8 Å². The molecule has 3 atom stereocenters. The molecule has 1 spiro atoms. The number of guanidine groups is 1. The van der Waals surface area contributed by atoms with Crippen LogP contribution in [0.1, 0.15) is 44.8 Å². The van der Waals surface area contributed by atoms with Crippen molar-refractivity contribution in [1.29, 1.82) is 0 Å². The van der Waals surface area contributed by atoms with Gasteiger partial charge in [-0.05, 0) is 63.1 Å². The van der Waals surface area contributed by atoms with Crippen molar-refractivity contribution in [3.8, 4) is 0 Å². The molecule has 2 N–H and O–H groups in total. The van der Waals surface area contributed by atoms with Crippen molar-refractivity contribution >= 4 is 41.7 Å². The van der Waals surface area contributed by atoms with Gasteiger partial charge in [0.15, 0.2) is 5.96 Å². The molecule has 3 unspecified atom stereocenters. The fourth-order valence-electron chi connectivity index (χ4n) is 4.83. The summed E-state index contributed by atoms with van der Waals surface area (Å²) in [5.74, 6) is 4.32. The monoisotopic (exact) mass is 548 g/mol. The van der Waals surface area contributed by atoms with Gasteiger partial charge >= 0.3 is 0 Å². The van der Waals surface area contributed by atoms with Gasteiger partial charge in [0, 0.05) is 37.4 Å². The third-order valence-electron chi connectivity index (χ3n) is 6.51. The van der Waals surface area contributed by atoms with E-state index in [2.05, 4.69) is 22.5 Å². The third-order valence-corrected chi connectivity index (χ3v) is 7.73. The first-order valence-electron chi connectivity index (χ1n) is 11.3. The maximum atomic E-state index is 6.20. The highest BCUT2D eigenvalue weighted by molar-refractivity contribution is 14.0. The molecule has 4 rings (SSSR count). The number of likely N-dealkylation sites (tertiary alicyclic amines) is 1. The Morgan fingerprint density at radius 1 is 1.40 bits per heavy atom. The first-order chi connectivity index (χ1) is 14.3. The Morgan fingerprint density at radius 2 is 2.33 bits per heavy atom. The zero-order chi connectivity index (χ0) is 19.9. The van der Waals surface area contributed by atoms with Crippen molar-refractivity contribution in [1.82, 2.24) is 15.5 Å². The van der Waals surface area contributed by atoms with Gasteiger partial charge in [-0.25, -0.2) is 0 Å². The van der Waals surface area contributed by atoms with E-state index in [9.17, 15) is 0 Å². The lowest BCUT2D eigenvalue weighted by Crippen LogP contribution is -2.52. The largest absolute Gasteiger partial charge is 0.469 e. The molecule has 1 aromatic heterocycles. The summed E-state index contributed by atoms with van der Waals surface area (Å²) in [6.07, 6.45) is 8.48. The number of thioether (sulfide) groups is 1. The summed E-state index contributed by atoms with van der Waals surface area (Å²) < 4.78 is 11.7. The van der Waals surface area contributed by atoms with E-state index in [1.807, 2.05) is 23.9 Å². The second-order valence-electron chi connectivity index (χ2n) is 8.54. The lowest BCUT2D eigenvalue weighted by Gasteiger charge is -2.38. The van der Waals surface area contributed by atoms with Gasteiger partial charge in [-0.1, -0.05) is 6.92 Å². The molecule has 0 aromatic carbocycles. The third kappa shape index (κ3) is 6.53. The quantitative estimate of drug-likeness (QED) is 0.309. The molecule has 170 valence electrons. The molecule has 30 heavy (non-hydrogen) atoms.